The summed E-state index contributed by atoms with van der Waals surface area (Å²) < 4.78 is 4.93. The molecule has 0 bridgehead atoms. The van der Waals surface area contributed by atoms with Crippen molar-refractivity contribution in [1.82, 2.24) is 4.98 Å². The molecule has 2 aromatic carbocycles. The molecule has 2 amide bonds. The van der Waals surface area contributed by atoms with E-state index in [2.05, 4.69) is 10.3 Å². The second-order valence-corrected chi connectivity index (χ2v) is 5.86. The van der Waals surface area contributed by atoms with Gasteiger partial charge in [0.25, 0.3) is 5.91 Å². The Hall–Kier alpha value is -3.61. The first-order valence-electron chi connectivity index (χ1n) is 8.09. The number of fused-ring (bicyclic) bond motifs is 1. The summed E-state index contributed by atoms with van der Waals surface area (Å²) in [6.45, 7) is 0.809. The van der Waals surface area contributed by atoms with E-state index in [1.807, 2.05) is 0 Å². The first-order valence-corrected chi connectivity index (χ1v) is 8.09. The van der Waals surface area contributed by atoms with Crippen molar-refractivity contribution in [3.05, 3.63) is 70.5 Å². The van der Waals surface area contributed by atoms with Crippen LogP contribution in [-0.2, 0) is 4.74 Å². The van der Waals surface area contributed by atoms with Crippen LogP contribution in [0.5, 0.6) is 0 Å². The SMILES string of the molecule is O=C(Nc1cccc(N2CCOC2=O)c1)c1cc(=O)[nH]c2ccccc12. The number of rotatable bonds is 3. The molecule has 130 valence electrons. The van der Waals surface area contributed by atoms with E-state index in [-0.39, 0.29) is 11.1 Å². The summed E-state index contributed by atoms with van der Waals surface area (Å²) in [6.07, 6.45) is -0.408. The number of pyridine rings is 1. The molecule has 0 radical (unpaired) electrons. The smallest absolute Gasteiger partial charge is 0.414 e. The predicted molar refractivity (Wildman–Crippen MR) is 97.7 cm³/mol. The number of carbonyl (C=O) groups is 2. The molecule has 4 rings (SSSR count). The first kappa shape index (κ1) is 15.9. The van der Waals surface area contributed by atoms with Crippen molar-refractivity contribution in [1.29, 1.82) is 0 Å². The van der Waals surface area contributed by atoms with Crippen LogP contribution in [-0.4, -0.2) is 30.1 Å². The van der Waals surface area contributed by atoms with Crippen LogP contribution in [0.3, 0.4) is 0 Å². The van der Waals surface area contributed by atoms with Crippen molar-refractivity contribution in [3.8, 4) is 0 Å². The molecule has 1 aliphatic rings. The molecule has 0 saturated carbocycles. The van der Waals surface area contributed by atoms with E-state index < -0.39 is 12.0 Å². The maximum absolute atomic E-state index is 12.7. The largest absolute Gasteiger partial charge is 0.447 e. The highest BCUT2D eigenvalue weighted by Gasteiger charge is 2.23. The number of carbonyl (C=O) groups excluding carboxylic acids is 2. The van der Waals surface area contributed by atoms with Crippen LogP contribution in [0.15, 0.2) is 59.4 Å². The van der Waals surface area contributed by atoms with Crippen LogP contribution >= 0.6 is 0 Å². The van der Waals surface area contributed by atoms with Crippen molar-refractivity contribution in [3.63, 3.8) is 0 Å². The Morgan fingerprint density at radius 2 is 1.92 bits per heavy atom. The fraction of sp³-hybridized carbons (Fsp3) is 0.105. The second kappa shape index (κ2) is 6.36. The number of hydrogen-bond acceptors (Lipinski definition) is 4. The van der Waals surface area contributed by atoms with Gasteiger partial charge in [-0.2, -0.15) is 0 Å². The fourth-order valence-electron chi connectivity index (χ4n) is 2.97. The molecule has 2 heterocycles. The lowest BCUT2D eigenvalue weighted by molar-refractivity contribution is 0.102. The van der Waals surface area contributed by atoms with Gasteiger partial charge in [0.2, 0.25) is 5.56 Å². The molecule has 0 atom stereocenters. The molecule has 1 fully saturated rings. The van der Waals surface area contributed by atoms with Gasteiger partial charge in [-0.3, -0.25) is 14.5 Å². The number of benzene rings is 2. The van der Waals surface area contributed by atoms with Gasteiger partial charge < -0.3 is 15.0 Å². The van der Waals surface area contributed by atoms with E-state index in [1.54, 1.807) is 48.5 Å². The molecule has 1 aromatic heterocycles. The minimum atomic E-state index is -0.408. The van der Waals surface area contributed by atoms with E-state index in [0.29, 0.717) is 35.4 Å². The van der Waals surface area contributed by atoms with Gasteiger partial charge in [0.1, 0.15) is 6.61 Å². The number of amides is 2. The maximum atomic E-state index is 12.7. The predicted octanol–water partition coefficient (Wildman–Crippen LogP) is 2.74. The zero-order valence-electron chi connectivity index (χ0n) is 13.7. The third-order valence-corrected chi connectivity index (χ3v) is 4.17. The highest BCUT2D eigenvalue weighted by atomic mass is 16.6. The van der Waals surface area contributed by atoms with Crippen LogP contribution in [0, 0.1) is 0 Å². The Bertz CT molecular complexity index is 1070. The minimum Gasteiger partial charge on any atom is -0.447 e. The summed E-state index contributed by atoms with van der Waals surface area (Å²) in [6, 6.07) is 15.3. The molecule has 3 aromatic rings. The highest BCUT2D eigenvalue weighted by Crippen LogP contribution is 2.23. The molecule has 1 saturated heterocycles. The van der Waals surface area contributed by atoms with E-state index >= 15 is 0 Å². The molecule has 0 aliphatic carbocycles. The molecule has 2 N–H and O–H groups in total. The van der Waals surface area contributed by atoms with Crippen LogP contribution in [0.2, 0.25) is 0 Å². The van der Waals surface area contributed by atoms with Gasteiger partial charge >= 0.3 is 6.09 Å². The van der Waals surface area contributed by atoms with Gasteiger partial charge in [-0.15, -0.1) is 0 Å². The molecule has 0 spiro atoms. The number of anilines is 2. The summed E-state index contributed by atoms with van der Waals surface area (Å²) in [5.41, 5.74) is 1.70. The van der Waals surface area contributed by atoms with Gasteiger partial charge in [-0.05, 0) is 24.3 Å². The Kier molecular flexibility index (Phi) is 3.89. The lowest BCUT2D eigenvalue weighted by Gasteiger charge is -2.14. The number of para-hydroxylation sites is 1. The van der Waals surface area contributed by atoms with E-state index in [9.17, 15) is 14.4 Å². The third-order valence-electron chi connectivity index (χ3n) is 4.17. The molecule has 7 heteroatoms. The second-order valence-electron chi connectivity index (χ2n) is 5.86. The average molecular weight is 349 g/mol. The molecular weight excluding hydrogens is 334 g/mol. The number of nitrogens with one attached hydrogen (secondary N) is 2. The Balaban J connectivity index is 1.65. The molecule has 0 unspecified atom stereocenters. The quantitative estimate of drug-likeness (QED) is 0.760. The zero-order valence-corrected chi connectivity index (χ0v) is 13.7. The number of H-pyrrole nitrogens is 1. The number of hydrogen-bond donors (Lipinski definition) is 2. The maximum Gasteiger partial charge on any atom is 0.414 e. The molecule has 1 aliphatic heterocycles. The fourth-order valence-corrected chi connectivity index (χ4v) is 2.97. The minimum absolute atomic E-state index is 0.287. The van der Waals surface area contributed by atoms with E-state index in [4.69, 9.17) is 4.74 Å². The number of aromatic nitrogens is 1. The van der Waals surface area contributed by atoms with Crippen LogP contribution in [0.1, 0.15) is 10.4 Å². The summed E-state index contributed by atoms with van der Waals surface area (Å²) >= 11 is 0. The molecule has 7 nitrogen and oxygen atoms in total. The van der Waals surface area contributed by atoms with Gasteiger partial charge in [0.05, 0.1) is 12.1 Å². The lowest BCUT2D eigenvalue weighted by atomic mass is 10.1. The Labute approximate surface area is 148 Å². The van der Waals surface area contributed by atoms with Crippen LogP contribution < -0.4 is 15.8 Å². The summed E-state index contributed by atoms with van der Waals surface area (Å²) in [5.74, 6) is -0.395. The molecule has 26 heavy (non-hydrogen) atoms. The number of ether oxygens (including phenoxy) is 1. The highest BCUT2D eigenvalue weighted by molar-refractivity contribution is 6.12. The van der Waals surface area contributed by atoms with Crippen LogP contribution in [0.25, 0.3) is 10.9 Å². The number of nitrogens with zero attached hydrogens (tertiary/aromatic N) is 1. The standard InChI is InChI=1S/C19H15N3O4/c23-17-11-15(14-6-1-2-7-16(14)21-17)18(24)20-12-4-3-5-13(10-12)22-8-9-26-19(22)25/h1-7,10-11H,8-9H2,(H,20,24)(H,21,23). The van der Waals surface area contributed by atoms with Crippen molar-refractivity contribution >= 4 is 34.3 Å². The van der Waals surface area contributed by atoms with Crippen LogP contribution in [0.4, 0.5) is 16.2 Å². The average Bonchev–Trinajstić information content (AvgIpc) is 3.07. The van der Waals surface area contributed by atoms with Crippen molar-refractivity contribution in [2.24, 2.45) is 0 Å². The normalized spacial score (nSPS) is 13.7. The Morgan fingerprint density at radius 1 is 1.08 bits per heavy atom. The summed E-state index contributed by atoms with van der Waals surface area (Å²) in [5, 5.41) is 3.44. The summed E-state index contributed by atoms with van der Waals surface area (Å²) in [4.78, 5) is 40.4. The number of aromatic amines is 1. The van der Waals surface area contributed by atoms with Crippen molar-refractivity contribution in [2.45, 2.75) is 0 Å². The monoisotopic (exact) mass is 349 g/mol. The number of cyclic esters (lactones) is 1. The Morgan fingerprint density at radius 3 is 2.73 bits per heavy atom. The topological polar surface area (TPSA) is 91.5 Å². The summed E-state index contributed by atoms with van der Waals surface area (Å²) in [7, 11) is 0. The zero-order chi connectivity index (χ0) is 18.1. The van der Waals surface area contributed by atoms with Crippen molar-refractivity contribution in [2.75, 3.05) is 23.4 Å². The first-order chi connectivity index (χ1) is 12.6. The third kappa shape index (κ3) is 2.90. The van der Waals surface area contributed by atoms with Gasteiger partial charge in [0, 0.05) is 28.3 Å². The van der Waals surface area contributed by atoms with Gasteiger partial charge in [0.15, 0.2) is 0 Å². The van der Waals surface area contributed by atoms with E-state index in [1.165, 1.54) is 11.0 Å². The lowest BCUT2D eigenvalue weighted by Crippen LogP contribution is -2.23. The van der Waals surface area contributed by atoms with E-state index in [0.717, 1.165) is 0 Å². The van der Waals surface area contributed by atoms with Gasteiger partial charge in [-0.25, -0.2) is 4.79 Å². The van der Waals surface area contributed by atoms with Crippen molar-refractivity contribution < 1.29 is 14.3 Å². The van der Waals surface area contributed by atoms with Gasteiger partial charge in [-0.1, -0.05) is 24.3 Å². The molecular formula is C19H15N3O4.